The van der Waals surface area contributed by atoms with Gasteiger partial charge in [0, 0.05) is 29.5 Å². The Morgan fingerprint density at radius 1 is 0.333 bits per heavy atom. The number of aromatic nitrogens is 5. The van der Waals surface area contributed by atoms with Crippen molar-refractivity contribution in [3.05, 3.63) is 204 Å². The van der Waals surface area contributed by atoms with Crippen molar-refractivity contribution in [1.82, 2.24) is 24.9 Å². The summed E-state index contributed by atoms with van der Waals surface area (Å²) in [6.45, 7) is 24.0. The highest BCUT2D eigenvalue weighted by Gasteiger charge is 2.26. The molecule has 5 nitrogen and oxygen atoms in total. The summed E-state index contributed by atoms with van der Waals surface area (Å²) in [5.41, 5.74) is 13.1. The van der Waals surface area contributed by atoms with Gasteiger partial charge in [-0.15, -0.1) is 0 Å². The van der Waals surface area contributed by atoms with E-state index < -0.39 is 0 Å². The number of para-hydroxylation sites is 3. The van der Waals surface area contributed by atoms with E-state index in [1.165, 1.54) is 159 Å². The lowest BCUT2D eigenvalue weighted by Crippen LogP contribution is -2.19. The molecule has 438 valence electrons. The van der Waals surface area contributed by atoms with E-state index in [0.717, 1.165) is 58.8 Å². The number of fused-ring (bicyclic) bond motifs is 3. The Balaban J connectivity index is 0.000000239. The summed E-state index contributed by atoms with van der Waals surface area (Å²) in [5.74, 6) is 6.13. The second-order valence-electron chi connectivity index (χ2n) is 21.2. The molecule has 3 fully saturated rings. The summed E-state index contributed by atoms with van der Waals surface area (Å²) in [4.78, 5) is 19.8. The monoisotopic (exact) mass is 1090 g/mol. The lowest BCUT2D eigenvalue weighted by atomic mass is 9.77. The van der Waals surface area contributed by atoms with Crippen LogP contribution in [0.25, 0.3) is 33.0 Å². The second kappa shape index (κ2) is 40.1. The van der Waals surface area contributed by atoms with Crippen molar-refractivity contribution in [2.24, 2.45) is 35.5 Å². The van der Waals surface area contributed by atoms with Crippen molar-refractivity contribution in [3.8, 4) is 0 Å². The molecule has 0 saturated heterocycles. The van der Waals surface area contributed by atoms with Crippen LogP contribution in [-0.2, 0) is 38.5 Å². The minimum atomic E-state index is 0.776. The summed E-state index contributed by atoms with van der Waals surface area (Å²) in [7, 11) is 0. The summed E-state index contributed by atoms with van der Waals surface area (Å²) in [6.07, 6.45) is 25.6. The number of aromatic amines is 3. The van der Waals surface area contributed by atoms with Crippen molar-refractivity contribution < 1.29 is 0 Å². The fourth-order valence-electron chi connectivity index (χ4n) is 12.5. The second-order valence-corrected chi connectivity index (χ2v) is 21.2. The van der Waals surface area contributed by atoms with Gasteiger partial charge in [-0.3, -0.25) is 4.98 Å². The number of hydrogen-bond donors (Lipinski definition) is 3. The van der Waals surface area contributed by atoms with Crippen molar-refractivity contribution in [1.29, 1.82) is 0 Å². The number of nitrogens with one attached hydrogen (secondary N) is 3. The quantitative estimate of drug-likeness (QED) is 0.114. The van der Waals surface area contributed by atoms with Gasteiger partial charge in [0.25, 0.3) is 0 Å². The smallest absolute Gasteiger partial charge is 0.107 e. The molecule has 0 aliphatic heterocycles. The molecule has 5 aromatic carbocycles. The van der Waals surface area contributed by atoms with Crippen LogP contribution in [0.2, 0.25) is 0 Å². The Morgan fingerprint density at radius 3 is 1.14 bits per heavy atom. The van der Waals surface area contributed by atoms with E-state index in [1.54, 1.807) is 0 Å². The Morgan fingerprint density at radius 2 is 0.691 bits per heavy atom. The number of nitrogens with zero attached hydrogens (tertiary/aromatic N) is 2. The summed E-state index contributed by atoms with van der Waals surface area (Å²) < 4.78 is 0. The molecule has 3 N–H and O–H groups in total. The van der Waals surface area contributed by atoms with Crippen LogP contribution in [0.4, 0.5) is 0 Å². The first-order chi connectivity index (χ1) is 40.1. The summed E-state index contributed by atoms with van der Waals surface area (Å²) in [5, 5.41) is 1.35. The Labute approximate surface area is 493 Å². The highest BCUT2D eigenvalue weighted by molar-refractivity contribution is 5.80. The molecule has 12 rings (SSSR count). The Kier molecular flexibility index (Phi) is 33.3. The zero-order valence-corrected chi connectivity index (χ0v) is 52.8. The third-order valence-corrected chi connectivity index (χ3v) is 15.7. The molecule has 9 aromatic rings. The van der Waals surface area contributed by atoms with Crippen LogP contribution in [0.1, 0.15) is 194 Å². The van der Waals surface area contributed by atoms with Gasteiger partial charge in [0.1, 0.15) is 5.82 Å². The maximum absolute atomic E-state index is 4.76. The van der Waals surface area contributed by atoms with Gasteiger partial charge in [-0.25, -0.2) is 4.98 Å². The fourth-order valence-corrected chi connectivity index (χ4v) is 12.5. The molecule has 3 aliphatic carbocycles. The van der Waals surface area contributed by atoms with Crippen molar-refractivity contribution >= 4 is 33.0 Å². The predicted molar refractivity (Wildman–Crippen MR) is 356 cm³/mol. The standard InChI is InChI=1S/C22H25N.2C21H24N2.6C2H6/c1-2-7-17(8-3-1)13-18-9-6-10-19(14-18)15-21-16-20-11-4-5-12-22(20)23-21;1-2-6-16(7-3-1)12-17-8-4-9-18(13-17)14-19-15-21-20(23-19)10-5-11-22-21;1-2-7-16(8-3-1)13-17-9-6-10-18(14-17)15-21-22-19-11-4-5-12-20(19)23-21;6*1-2/h1-5,7-8,11-12,16,18-19,23H,6,9-10,13-15H2;1-3,5-7,10-11,15,17-18,23H,4,8-9,12-14H2;1-5,7-8,11-12,17-18H,6,9-10,13-15H2,(H,22,23);6*1-2H3. The maximum Gasteiger partial charge on any atom is 0.107 e. The number of benzene rings is 5. The van der Waals surface area contributed by atoms with Crippen LogP contribution >= 0.6 is 0 Å². The predicted octanol–water partition coefficient (Wildman–Crippen LogP) is 22.2. The third kappa shape index (κ3) is 22.9. The van der Waals surface area contributed by atoms with Crippen LogP contribution in [-0.4, -0.2) is 24.9 Å². The van der Waals surface area contributed by atoms with Crippen molar-refractivity contribution in [3.63, 3.8) is 0 Å². The lowest BCUT2D eigenvalue weighted by molar-refractivity contribution is 0.261. The molecule has 6 atom stereocenters. The van der Waals surface area contributed by atoms with E-state index in [0.29, 0.717) is 0 Å². The van der Waals surface area contributed by atoms with Gasteiger partial charge in [-0.1, -0.05) is 256 Å². The lowest BCUT2D eigenvalue weighted by Gasteiger charge is -2.29. The van der Waals surface area contributed by atoms with Crippen molar-refractivity contribution in [2.45, 2.75) is 199 Å². The van der Waals surface area contributed by atoms with E-state index in [2.05, 4.69) is 178 Å². The van der Waals surface area contributed by atoms with Gasteiger partial charge in [0.2, 0.25) is 0 Å². The van der Waals surface area contributed by atoms with E-state index in [1.807, 2.05) is 95.3 Å². The molecule has 0 radical (unpaired) electrons. The fraction of sp³-hybridized carbons (Fsp3) is 0.474. The molecule has 4 aromatic heterocycles. The van der Waals surface area contributed by atoms with Gasteiger partial charge >= 0.3 is 0 Å². The summed E-state index contributed by atoms with van der Waals surface area (Å²) >= 11 is 0. The molecule has 81 heavy (non-hydrogen) atoms. The summed E-state index contributed by atoms with van der Waals surface area (Å²) in [6, 6.07) is 58.6. The number of rotatable bonds is 12. The minimum absolute atomic E-state index is 0.776. The van der Waals surface area contributed by atoms with Crippen LogP contribution in [0, 0.1) is 35.5 Å². The van der Waals surface area contributed by atoms with Gasteiger partial charge in [0.05, 0.1) is 22.1 Å². The van der Waals surface area contributed by atoms with Gasteiger partial charge in [-0.2, -0.15) is 0 Å². The molecule has 0 spiro atoms. The third-order valence-electron chi connectivity index (χ3n) is 15.7. The van der Waals surface area contributed by atoms with Crippen molar-refractivity contribution in [2.75, 3.05) is 0 Å². The normalized spacial score (nSPS) is 18.8. The van der Waals surface area contributed by atoms with Gasteiger partial charge < -0.3 is 15.0 Å². The minimum Gasteiger partial charge on any atom is -0.358 e. The Hall–Kier alpha value is -6.20. The molecule has 3 aliphatic rings. The van der Waals surface area contributed by atoms with E-state index >= 15 is 0 Å². The number of imidazole rings is 1. The van der Waals surface area contributed by atoms with Gasteiger partial charge in [-0.05, 0) is 158 Å². The van der Waals surface area contributed by atoms with Crippen LogP contribution in [0.15, 0.2) is 170 Å². The van der Waals surface area contributed by atoms with E-state index in [9.17, 15) is 0 Å². The van der Waals surface area contributed by atoms with Crippen LogP contribution in [0.3, 0.4) is 0 Å². The zero-order valence-electron chi connectivity index (χ0n) is 52.8. The first-order valence-corrected chi connectivity index (χ1v) is 32.6. The number of H-pyrrole nitrogens is 3. The molecule has 6 unspecified atom stereocenters. The molecular weight excluding hydrogens is 983 g/mol. The topological polar surface area (TPSA) is 73.2 Å². The number of hydrogen-bond acceptors (Lipinski definition) is 2. The average molecular weight is 1090 g/mol. The van der Waals surface area contributed by atoms with Crippen LogP contribution in [0.5, 0.6) is 0 Å². The van der Waals surface area contributed by atoms with E-state index in [-0.39, 0.29) is 0 Å². The molecule has 4 heterocycles. The van der Waals surface area contributed by atoms with Crippen LogP contribution < -0.4 is 0 Å². The highest BCUT2D eigenvalue weighted by Crippen LogP contribution is 2.36. The SMILES string of the molecule is CC.CC.CC.CC.CC.CC.c1ccc(CC2CCCC(Cc3cc4ccccc4[nH]3)C2)cc1.c1ccc(CC2CCCC(Cc3cc4ncccc4[nH]3)C2)cc1.c1ccc(CC2CCCC(Cc3nc4ccccc4[nH]3)C2)cc1. The molecular formula is C76H109N5. The van der Waals surface area contributed by atoms with E-state index in [4.69, 9.17) is 4.98 Å². The average Bonchev–Trinajstić information content (AvgIpc) is 4.38. The maximum atomic E-state index is 4.76. The zero-order chi connectivity index (χ0) is 58.5. The molecule has 3 saturated carbocycles. The largest absolute Gasteiger partial charge is 0.358 e. The first-order valence-electron chi connectivity index (χ1n) is 32.6. The molecule has 0 amide bonds. The molecule has 5 heteroatoms. The van der Waals surface area contributed by atoms with Gasteiger partial charge in [0.15, 0.2) is 0 Å². The highest BCUT2D eigenvalue weighted by atomic mass is 14.9. The number of pyridine rings is 1. The Bertz CT molecular complexity index is 2490. The first kappa shape index (κ1) is 67.3. The molecule has 0 bridgehead atoms.